The van der Waals surface area contributed by atoms with Crippen LogP contribution in [-0.4, -0.2) is 132 Å². The number of aromatic hydroxyl groups is 4. The minimum Gasteiger partial charge on any atom is -0.508 e. The molecule has 2 fully saturated rings. The maximum atomic E-state index is 12.3. The molecule has 0 saturated carbocycles. The fourth-order valence-corrected chi connectivity index (χ4v) is 5.81. The normalized spacial score (nSPS) is 28.9. The Kier molecular flexibility index (Phi) is 11.3. The van der Waals surface area contributed by atoms with Gasteiger partial charge in [-0.25, -0.2) is 9.21 Å². The topological polar surface area (TPSA) is 277 Å². The van der Waals surface area contributed by atoms with Crippen LogP contribution in [0.15, 0.2) is 77.2 Å². The van der Waals surface area contributed by atoms with E-state index in [-0.39, 0.29) is 45.5 Å². The fourth-order valence-electron chi connectivity index (χ4n) is 5.81. The Balaban J connectivity index is 1.17. The average Bonchev–Trinajstić information content (AvgIpc) is 3.14. The van der Waals surface area contributed by atoms with Gasteiger partial charge in [0.15, 0.2) is 6.29 Å². The van der Waals surface area contributed by atoms with Crippen LogP contribution in [0.3, 0.4) is 0 Å². The smallest absolute Gasteiger partial charge is 0.402 e. The number of hydrogen-bond donors (Lipinski definition) is 10. The van der Waals surface area contributed by atoms with Crippen molar-refractivity contribution < 1.29 is 84.0 Å². The van der Waals surface area contributed by atoms with Crippen LogP contribution in [0, 0.1) is 0 Å². The highest BCUT2D eigenvalue weighted by Gasteiger charge is 2.51. The number of phenolic OH excluding ortho intramolecular Hbond substituents is 4. The molecular formula is C36H37O17+. The highest BCUT2D eigenvalue weighted by molar-refractivity contribution is 5.88. The number of fused-ring (bicyclic) bond motifs is 1. The largest absolute Gasteiger partial charge is 0.508 e. The van der Waals surface area contributed by atoms with Crippen molar-refractivity contribution in [2.24, 2.45) is 0 Å². The summed E-state index contributed by atoms with van der Waals surface area (Å²) in [6.07, 6.45) is -14.9. The van der Waals surface area contributed by atoms with E-state index in [1.54, 1.807) is 12.1 Å². The Morgan fingerprint density at radius 1 is 0.736 bits per heavy atom. The molecule has 0 bridgehead atoms. The third-order valence-corrected chi connectivity index (χ3v) is 8.66. The number of benzene rings is 3. The molecule has 0 spiro atoms. The molecule has 0 amide bonds. The van der Waals surface area contributed by atoms with Crippen LogP contribution in [0.25, 0.3) is 28.4 Å². The molecule has 4 aromatic rings. The lowest BCUT2D eigenvalue weighted by Gasteiger charge is -2.45. The molecular weight excluding hydrogens is 704 g/mol. The zero-order valence-corrected chi connectivity index (χ0v) is 27.5. The number of ether oxygens (including phenoxy) is 5. The van der Waals surface area contributed by atoms with Gasteiger partial charge >= 0.3 is 17.3 Å². The van der Waals surface area contributed by atoms with Crippen LogP contribution >= 0.6 is 0 Å². The van der Waals surface area contributed by atoms with Gasteiger partial charge in [-0.05, 0) is 48.0 Å². The van der Waals surface area contributed by atoms with Gasteiger partial charge < -0.3 is 74.7 Å². The van der Waals surface area contributed by atoms with Gasteiger partial charge in [0, 0.05) is 18.2 Å². The average molecular weight is 742 g/mol. The SMILES string of the molecule is O=C(/C=C/c1ccc(O)cc1)OC[C@H]1OC(O[C@@H]2[C@@H](O)[C@H](O)[C@@H](Oc3cc4c(O)cc(O)cc4[o+]c3-c3ccc(O)cc3)O[C@H]2CO)[C@H](O)[C@@H](O)[C@@H]1O. The van der Waals surface area contributed by atoms with Crippen molar-refractivity contribution in [1.82, 2.24) is 0 Å². The zero-order chi connectivity index (χ0) is 38.0. The Labute approximate surface area is 299 Å². The fraction of sp³-hybridized carbons (Fsp3) is 0.333. The molecule has 282 valence electrons. The van der Waals surface area contributed by atoms with Gasteiger partial charge in [0.25, 0.3) is 0 Å². The number of carbonyl (C=O) groups excluding carboxylic acids is 1. The molecule has 3 heterocycles. The molecule has 1 aromatic heterocycles. The summed E-state index contributed by atoms with van der Waals surface area (Å²) in [5.74, 6) is -1.67. The molecule has 10 N–H and O–H groups in total. The van der Waals surface area contributed by atoms with Crippen LogP contribution < -0.4 is 4.74 Å². The van der Waals surface area contributed by atoms with Crippen molar-refractivity contribution >= 4 is 23.0 Å². The van der Waals surface area contributed by atoms with E-state index in [4.69, 9.17) is 28.1 Å². The molecule has 2 aliphatic heterocycles. The Morgan fingerprint density at radius 2 is 1.38 bits per heavy atom. The van der Waals surface area contributed by atoms with Gasteiger partial charge in [-0.2, -0.15) is 0 Å². The van der Waals surface area contributed by atoms with Crippen molar-refractivity contribution in [1.29, 1.82) is 0 Å². The molecule has 0 aliphatic carbocycles. The minimum absolute atomic E-state index is 0.000529. The van der Waals surface area contributed by atoms with E-state index in [9.17, 15) is 55.9 Å². The van der Waals surface area contributed by atoms with Gasteiger partial charge in [-0.1, -0.05) is 12.1 Å². The second kappa shape index (κ2) is 15.9. The lowest BCUT2D eigenvalue weighted by molar-refractivity contribution is -0.352. The zero-order valence-electron chi connectivity index (χ0n) is 27.5. The molecule has 53 heavy (non-hydrogen) atoms. The number of esters is 1. The minimum atomic E-state index is -1.91. The second-order valence-electron chi connectivity index (χ2n) is 12.4. The molecule has 3 aromatic carbocycles. The number of rotatable bonds is 10. The molecule has 2 aliphatic rings. The van der Waals surface area contributed by atoms with Gasteiger partial charge in [0.1, 0.15) is 83.8 Å². The van der Waals surface area contributed by atoms with Crippen LogP contribution in [0.1, 0.15) is 5.56 Å². The van der Waals surface area contributed by atoms with Crippen molar-refractivity contribution in [3.63, 3.8) is 0 Å². The van der Waals surface area contributed by atoms with Crippen molar-refractivity contribution in [3.8, 4) is 40.1 Å². The highest BCUT2D eigenvalue weighted by Crippen LogP contribution is 2.41. The first-order valence-corrected chi connectivity index (χ1v) is 16.2. The summed E-state index contributed by atoms with van der Waals surface area (Å²) in [6.45, 7) is -1.44. The molecule has 0 radical (unpaired) electrons. The van der Waals surface area contributed by atoms with Crippen molar-refractivity contribution in [3.05, 3.63) is 78.4 Å². The van der Waals surface area contributed by atoms with E-state index in [0.29, 0.717) is 11.1 Å². The lowest BCUT2D eigenvalue weighted by atomic mass is 9.97. The number of aliphatic hydroxyl groups excluding tert-OH is 6. The summed E-state index contributed by atoms with van der Waals surface area (Å²) in [5.41, 5.74) is 0.973. The van der Waals surface area contributed by atoms with E-state index < -0.39 is 80.6 Å². The summed E-state index contributed by atoms with van der Waals surface area (Å²) in [6, 6.07) is 15.2. The van der Waals surface area contributed by atoms with Crippen LogP contribution in [0.4, 0.5) is 0 Å². The van der Waals surface area contributed by atoms with Crippen molar-refractivity contribution in [2.45, 2.75) is 61.4 Å². The molecule has 17 nitrogen and oxygen atoms in total. The van der Waals surface area contributed by atoms with E-state index in [0.717, 1.165) is 12.1 Å². The maximum absolute atomic E-state index is 12.3. The second-order valence-corrected chi connectivity index (χ2v) is 12.4. The van der Waals surface area contributed by atoms with E-state index in [1.807, 2.05) is 0 Å². The summed E-state index contributed by atoms with van der Waals surface area (Å²) in [4.78, 5) is 12.3. The third kappa shape index (κ3) is 8.28. The number of aliphatic hydroxyl groups is 6. The van der Waals surface area contributed by atoms with E-state index >= 15 is 0 Å². The first-order valence-electron chi connectivity index (χ1n) is 16.2. The first kappa shape index (κ1) is 37.7. The molecule has 1 unspecified atom stereocenters. The maximum Gasteiger partial charge on any atom is 0.402 e. The predicted octanol–water partition coefficient (Wildman–Crippen LogP) is 0.470. The van der Waals surface area contributed by atoms with Crippen LogP contribution in [0.2, 0.25) is 0 Å². The van der Waals surface area contributed by atoms with E-state index in [1.165, 1.54) is 54.6 Å². The van der Waals surface area contributed by atoms with Gasteiger partial charge in [-0.3, -0.25) is 0 Å². The van der Waals surface area contributed by atoms with Gasteiger partial charge in [-0.15, -0.1) is 0 Å². The molecule has 17 heteroatoms. The van der Waals surface area contributed by atoms with Crippen LogP contribution in [-0.2, 0) is 23.7 Å². The summed E-state index contributed by atoms with van der Waals surface area (Å²) < 4.78 is 34.1. The Morgan fingerprint density at radius 3 is 2.06 bits per heavy atom. The predicted molar refractivity (Wildman–Crippen MR) is 179 cm³/mol. The van der Waals surface area contributed by atoms with Gasteiger partial charge in [0.2, 0.25) is 12.0 Å². The third-order valence-electron chi connectivity index (χ3n) is 8.66. The number of hydrogen-bond acceptors (Lipinski definition) is 16. The summed E-state index contributed by atoms with van der Waals surface area (Å²) >= 11 is 0. The number of phenols is 4. The summed E-state index contributed by atoms with van der Waals surface area (Å²) in [5, 5.41) is 104. The molecule has 2 saturated heterocycles. The molecule has 10 atom stereocenters. The quantitative estimate of drug-likeness (QED) is 0.0601. The van der Waals surface area contributed by atoms with Gasteiger partial charge in [0.05, 0.1) is 18.2 Å². The Hall–Kier alpha value is -5.08. The van der Waals surface area contributed by atoms with E-state index in [2.05, 4.69) is 0 Å². The highest BCUT2D eigenvalue weighted by atomic mass is 16.7. The summed E-state index contributed by atoms with van der Waals surface area (Å²) in [7, 11) is 0. The standard InChI is InChI=1S/C36H36O17/c37-14-25-34(53-36-31(46)29(44)28(43)26(52-36)15-48-27(42)10-3-16-1-6-18(38)7-2-16)30(45)32(47)35(51-25)50-24-13-21-22(41)11-20(40)12-23(21)49-33(24)17-4-8-19(39)9-5-17/h1-13,25-26,28-32,34-37,43-47H,14-15H2,(H3-,38,39,40,41,42)/p+1/t25-,26+,28+,29-,30-,31+,32-,34-,35-,36?/m0/s1. The lowest BCUT2D eigenvalue weighted by Crippen LogP contribution is -2.65. The first-order chi connectivity index (χ1) is 25.3. The Bertz CT molecular complexity index is 1910. The number of carbonyl (C=O) groups is 1. The molecule has 6 rings (SSSR count). The van der Waals surface area contributed by atoms with Crippen molar-refractivity contribution in [2.75, 3.05) is 13.2 Å². The van der Waals surface area contributed by atoms with Crippen LogP contribution in [0.5, 0.6) is 28.7 Å². The monoisotopic (exact) mass is 741 g/mol.